The lowest BCUT2D eigenvalue weighted by Crippen LogP contribution is -2.33. The van der Waals surface area contributed by atoms with Gasteiger partial charge in [-0.25, -0.2) is 9.59 Å². The summed E-state index contributed by atoms with van der Waals surface area (Å²) in [6.45, 7) is 7.36. The van der Waals surface area contributed by atoms with Crippen LogP contribution in [0.15, 0.2) is 34.7 Å². The van der Waals surface area contributed by atoms with Gasteiger partial charge in [0.2, 0.25) is 5.75 Å². The van der Waals surface area contributed by atoms with Crippen molar-refractivity contribution in [3.63, 3.8) is 0 Å². The molecule has 182 valence electrons. The van der Waals surface area contributed by atoms with E-state index in [4.69, 9.17) is 28.4 Å². The van der Waals surface area contributed by atoms with Gasteiger partial charge < -0.3 is 33.7 Å². The van der Waals surface area contributed by atoms with Gasteiger partial charge in [0.1, 0.15) is 6.61 Å². The molecule has 9 nitrogen and oxygen atoms in total. The third-order valence-corrected chi connectivity index (χ3v) is 5.08. The molecule has 1 aromatic carbocycles. The normalized spacial score (nSPS) is 15.8. The van der Waals surface area contributed by atoms with E-state index in [1.165, 1.54) is 28.4 Å². The Bertz CT molecular complexity index is 923. The second-order valence-electron chi connectivity index (χ2n) is 7.68. The number of benzene rings is 1. The Labute approximate surface area is 194 Å². The molecule has 0 saturated heterocycles. The number of esters is 2. The van der Waals surface area contributed by atoms with Crippen LogP contribution in [0.2, 0.25) is 0 Å². The quantitative estimate of drug-likeness (QED) is 0.414. The van der Waals surface area contributed by atoms with E-state index in [1.54, 1.807) is 39.8 Å². The van der Waals surface area contributed by atoms with Gasteiger partial charge in [0.05, 0.1) is 51.1 Å². The van der Waals surface area contributed by atoms with Crippen molar-refractivity contribution in [3.8, 4) is 17.2 Å². The topological polar surface area (TPSA) is 102 Å². The Morgan fingerprint density at radius 1 is 0.879 bits per heavy atom. The summed E-state index contributed by atoms with van der Waals surface area (Å²) in [7, 11) is 6.02. The smallest absolute Gasteiger partial charge is 0.337 e. The summed E-state index contributed by atoms with van der Waals surface area (Å²) in [5.74, 6) is -0.716. The highest BCUT2D eigenvalue weighted by molar-refractivity contribution is 6.00. The maximum Gasteiger partial charge on any atom is 0.337 e. The standard InChI is InChI=1S/C24H33NO8/c1-13(2)33-24(27)20-15(4)25-14(3)19(23(26)32-10-9-28-5)21(20)16-11-17(29-6)22(31-8)18(12-16)30-7/h11-13,21,25H,9-10H2,1-8H3. The van der Waals surface area contributed by atoms with Crippen LogP contribution in [0.1, 0.15) is 39.2 Å². The molecule has 1 aliphatic rings. The zero-order chi connectivity index (χ0) is 24.7. The average Bonchev–Trinajstić information content (AvgIpc) is 2.76. The van der Waals surface area contributed by atoms with Gasteiger partial charge in [0.25, 0.3) is 0 Å². The molecule has 1 unspecified atom stereocenters. The van der Waals surface area contributed by atoms with Gasteiger partial charge in [-0.05, 0) is 45.4 Å². The summed E-state index contributed by atoms with van der Waals surface area (Å²) >= 11 is 0. The number of hydrogen-bond donors (Lipinski definition) is 1. The van der Waals surface area contributed by atoms with Crippen molar-refractivity contribution >= 4 is 11.9 Å². The average molecular weight is 464 g/mol. The first-order chi connectivity index (χ1) is 15.7. The maximum absolute atomic E-state index is 13.2. The largest absolute Gasteiger partial charge is 0.493 e. The number of hydrogen-bond acceptors (Lipinski definition) is 9. The highest BCUT2D eigenvalue weighted by atomic mass is 16.6. The van der Waals surface area contributed by atoms with E-state index in [1.807, 2.05) is 0 Å². The van der Waals surface area contributed by atoms with Crippen LogP contribution in [-0.2, 0) is 23.8 Å². The van der Waals surface area contributed by atoms with E-state index in [0.29, 0.717) is 39.8 Å². The van der Waals surface area contributed by atoms with Crippen LogP contribution in [0.25, 0.3) is 0 Å². The van der Waals surface area contributed by atoms with E-state index in [2.05, 4.69) is 5.32 Å². The van der Waals surface area contributed by atoms with E-state index in [-0.39, 0.29) is 24.9 Å². The molecule has 0 radical (unpaired) electrons. The van der Waals surface area contributed by atoms with Crippen LogP contribution < -0.4 is 19.5 Å². The highest BCUT2D eigenvalue weighted by Gasteiger charge is 2.39. The molecular weight excluding hydrogens is 430 g/mol. The van der Waals surface area contributed by atoms with Crippen LogP contribution in [-0.4, -0.2) is 59.7 Å². The molecular formula is C24H33NO8. The first-order valence-electron chi connectivity index (χ1n) is 10.6. The van der Waals surface area contributed by atoms with Crippen LogP contribution >= 0.6 is 0 Å². The van der Waals surface area contributed by atoms with Crippen molar-refractivity contribution in [2.75, 3.05) is 41.7 Å². The molecule has 33 heavy (non-hydrogen) atoms. The molecule has 0 fully saturated rings. The summed E-state index contributed by atoms with van der Waals surface area (Å²) in [6.07, 6.45) is -0.345. The fourth-order valence-electron chi connectivity index (χ4n) is 3.71. The SMILES string of the molecule is COCCOC(=O)C1=C(C)NC(C)=C(C(=O)OC(C)C)C1c1cc(OC)c(OC)c(OC)c1. The van der Waals surface area contributed by atoms with Crippen molar-refractivity contribution in [3.05, 3.63) is 40.2 Å². The number of methoxy groups -OCH3 is 4. The predicted octanol–water partition coefficient (Wildman–Crippen LogP) is 3.09. The van der Waals surface area contributed by atoms with E-state index in [9.17, 15) is 9.59 Å². The second kappa shape index (κ2) is 11.6. The summed E-state index contributed by atoms with van der Waals surface area (Å²) < 4.78 is 32.3. The van der Waals surface area contributed by atoms with Gasteiger partial charge in [-0.3, -0.25) is 0 Å². The third-order valence-electron chi connectivity index (χ3n) is 5.08. The van der Waals surface area contributed by atoms with Crippen molar-refractivity contribution in [1.29, 1.82) is 0 Å². The Morgan fingerprint density at radius 3 is 1.88 bits per heavy atom. The molecule has 0 aliphatic carbocycles. The summed E-state index contributed by atoms with van der Waals surface area (Å²) in [5, 5.41) is 3.12. The fourth-order valence-corrected chi connectivity index (χ4v) is 3.71. The van der Waals surface area contributed by atoms with Crippen molar-refractivity contribution in [1.82, 2.24) is 5.32 Å². The van der Waals surface area contributed by atoms with E-state index < -0.39 is 17.9 Å². The maximum atomic E-state index is 13.2. The second-order valence-corrected chi connectivity index (χ2v) is 7.68. The number of ether oxygens (including phenoxy) is 6. The fraction of sp³-hybridized carbons (Fsp3) is 0.500. The summed E-state index contributed by atoms with van der Waals surface area (Å²) in [4.78, 5) is 26.3. The molecule has 0 saturated carbocycles. The summed E-state index contributed by atoms with van der Waals surface area (Å²) in [6, 6.07) is 3.42. The molecule has 1 heterocycles. The molecule has 9 heteroatoms. The number of rotatable bonds is 10. The van der Waals surface area contributed by atoms with Crippen LogP contribution in [0.3, 0.4) is 0 Å². The minimum atomic E-state index is -0.791. The molecule has 1 N–H and O–H groups in total. The molecule has 0 bridgehead atoms. The molecule has 1 aliphatic heterocycles. The van der Waals surface area contributed by atoms with Crippen molar-refractivity contribution < 1.29 is 38.0 Å². The highest BCUT2D eigenvalue weighted by Crippen LogP contribution is 2.45. The molecule has 1 aromatic rings. The lowest BCUT2D eigenvalue weighted by Gasteiger charge is -2.31. The van der Waals surface area contributed by atoms with Crippen molar-refractivity contribution in [2.45, 2.75) is 39.7 Å². The van der Waals surface area contributed by atoms with Gasteiger partial charge in [-0.2, -0.15) is 0 Å². The lowest BCUT2D eigenvalue weighted by atomic mass is 9.80. The summed E-state index contributed by atoms with van der Waals surface area (Å²) in [5.41, 5.74) is 2.29. The zero-order valence-corrected chi connectivity index (χ0v) is 20.5. The van der Waals surface area contributed by atoms with Gasteiger partial charge in [-0.15, -0.1) is 0 Å². The monoisotopic (exact) mass is 463 g/mol. The Balaban J connectivity index is 2.73. The minimum absolute atomic E-state index is 0.0720. The third kappa shape index (κ3) is 5.78. The molecule has 0 spiro atoms. The van der Waals surface area contributed by atoms with Gasteiger partial charge >= 0.3 is 11.9 Å². The van der Waals surface area contributed by atoms with Crippen LogP contribution in [0.4, 0.5) is 0 Å². The van der Waals surface area contributed by atoms with E-state index in [0.717, 1.165) is 0 Å². The number of carbonyl (C=O) groups is 2. The van der Waals surface area contributed by atoms with Gasteiger partial charge in [0, 0.05) is 18.5 Å². The van der Waals surface area contributed by atoms with Crippen LogP contribution in [0, 0.1) is 0 Å². The Kier molecular flexibility index (Phi) is 9.16. The Hall–Kier alpha value is -3.20. The Morgan fingerprint density at radius 2 is 1.42 bits per heavy atom. The minimum Gasteiger partial charge on any atom is -0.493 e. The van der Waals surface area contributed by atoms with E-state index >= 15 is 0 Å². The molecule has 1 atom stereocenters. The first kappa shape index (κ1) is 26.1. The molecule has 0 amide bonds. The number of dihydropyridines is 1. The number of allylic oxidation sites excluding steroid dienone is 2. The number of nitrogens with one attached hydrogen (secondary N) is 1. The van der Waals surface area contributed by atoms with Crippen molar-refractivity contribution in [2.24, 2.45) is 0 Å². The molecule has 0 aromatic heterocycles. The number of carbonyl (C=O) groups excluding carboxylic acids is 2. The van der Waals surface area contributed by atoms with Gasteiger partial charge in [0.15, 0.2) is 11.5 Å². The molecule has 2 rings (SSSR count). The van der Waals surface area contributed by atoms with Gasteiger partial charge in [-0.1, -0.05) is 0 Å². The van der Waals surface area contributed by atoms with Crippen LogP contribution in [0.5, 0.6) is 17.2 Å². The first-order valence-corrected chi connectivity index (χ1v) is 10.6. The predicted molar refractivity (Wildman–Crippen MR) is 121 cm³/mol. The zero-order valence-electron chi connectivity index (χ0n) is 20.5. The lowest BCUT2D eigenvalue weighted by molar-refractivity contribution is -0.143.